The number of hydrogen-bond acceptors (Lipinski definition) is 3. The first-order valence-corrected chi connectivity index (χ1v) is 9.48. The molecule has 4 heteroatoms. The summed E-state index contributed by atoms with van der Waals surface area (Å²) in [6, 6.07) is 11.2. The fraction of sp³-hybridized carbons (Fsp3) is 0.647. The Balaban J connectivity index is 1.84. The van der Waals surface area contributed by atoms with Gasteiger partial charge in [0, 0.05) is 0 Å². The summed E-state index contributed by atoms with van der Waals surface area (Å²) in [5.41, 5.74) is 1.39. The molecule has 3 nitrogen and oxygen atoms in total. The Bertz CT molecular complexity index is 368. The van der Waals surface area contributed by atoms with Crippen LogP contribution in [0.3, 0.4) is 0 Å². The van der Waals surface area contributed by atoms with Gasteiger partial charge in [-0.25, -0.2) is 0 Å². The fourth-order valence-corrected chi connectivity index (χ4v) is 3.13. The zero-order valence-electron chi connectivity index (χ0n) is 12.8. The van der Waals surface area contributed by atoms with Crippen molar-refractivity contribution in [2.75, 3.05) is 39.4 Å². The summed E-state index contributed by atoms with van der Waals surface area (Å²) in [6.07, 6.45) is 4.09. The van der Waals surface area contributed by atoms with Crippen molar-refractivity contribution in [1.82, 2.24) is 10.2 Å². The van der Waals surface area contributed by atoms with E-state index in [4.69, 9.17) is 4.74 Å². The van der Waals surface area contributed by atoms with Crippen molar-refractivity contribution in [2.45, 2.75) is 30.1 Å². The minimum absolute atomic E-state index is 0.412. The molecular weight excluding hydrogens is 344 g/mol. The average molecular weight is 371 g/mol. The Morgan fingerprint density at radius 1 is 1.10 bits per heavy atom. The van der Waals surface area contributed by atoms with Crippen LogP contribution < -0.4 is 5.32 Å². The van der Waals surface area contributed by atoms with Crippen LogP contribution in [0.25, 0.3) is 0 Å². The number of rotatable bonds is 9. The Kier molecular flexibility index (Phi) is 8.58. The average Bonchev–Trinajstić information content (AvgIpc) is 2.55. The molecule has 21 heavy (non-hydrogen) atoms. The van der Waals surface area contributed by atoms with Crippen LogP contribution in [0.4, 0.5) is 0 Å². The van der Waals surface area contributed by atoms with Gasteiger partial charge in [0.15, 0.2) is 0 Å². The van der Waals surface area contributed by atoms with Crippen LogP contribution in [0.5, 0.6) is 0 Å². The third kappa shape index (κ3) is 6.61. The summed E-state index contributed by atoms with van der Waals surface area (Å²) in [7, 11) is 0. The van der Waals surface area contributed by atoms with Crippen molar-refractivity contribution in [3.05, 3.63) is 35.9 Å². The number of piperidine rings is 1. The zero-order valence-corrected chi connectivity index (χ0v) is 14.8. The van der Waals surface area contributed by atoms with Gasteiger partial charge in [0.2, 0.25) is 0 Å². The predicted octanol–water partition coefficient (Wildman–Crippen LogP) is 2.78. The van der Waals surface area contributed by atoms with Gasteiger partial charge in [0.1, 0.15) is 0 Å². The molecule has 0 saturated carbocycles. The van der Waals surface area contributed by atoms with E-state index in [1.807, 2.05) is 0 Å². The van der Waals surface area contributed by atoms with Gasteiger partial charge in [-0.2, -0.15) is 0 Å². The summed E-state index contributed by atoms with van der Waals surface area (Å²) in [6.45, 7) is 6.20. The molecule has 0 amide bonds. The first-order chi connectivity index (χ1) is 10.4. The van der Waals surface area contributed by atoms with E-state index < -0.39 is 0 Å². The van der Waals surface area contributed by atoms with Gasteiger partial charge in [-0.1, -0.05) is 0 Å². The molecule has 0 spiro atoms. The van der Waals surface area contributed by atoms with Crippen molar-refractivity contribution < 1.29 is 24.6 Å². The number of nitrogens with one attached hydrogen (secondary N) is 1. The van der Waals surface area contributed by atoms with Gasteiger partial charge in [0.05, 0.1) is 0 Å². The summed E-state index contributed by atoms with van der Waals surface area (Å²) in [4.78, 5) is 3.70. The molecular formula is C17H27MoN2O. The van der Waals surface area contributed by atoms with Crippen molar-refractivity contribution in [2.24, 2.45) is 0 Å². The normalized spacial score (nSPS) is 17.7. The van der Waals surface area contributed by atoms with Gasteiger partial charge >= 0.3 is 140 Å². The monoisotopic (exact) mass is 373 g/mol. The number of likely N-dealkylation sites (tertiary alicyclic amines) is 1. The van der Waals surface area contributed by atoms with Crippen LogP contribution in [0.15, 0.2) is 30.3 Å². The Morgan fingerprint density at radius 3 is 2.57 bits per heavy atom. The van der Waals surface area contributed by atoms with Crippen LogP contribution in [0.1, 0.15) is 30.9 Å². The number of hydrogen-bond donors (Lipinski definition) is 1. The molecule has 0 aromatic heterocycles. The Labute approximate surface area is 140 Å². The standard InChI is InChI=1S/C17H27N2O.Mo/c1-2-20-14-11-18-17(16-9-5-3-6-10-16)15-19-12-7-4-8-13-19;/h3,5-6,9-10,17-18H,1-2,4,7-8,11-15H2;/t17-;/m0./s1. The molecule has 1 N–H and O–H groups in total. The van der Waals surface area contributed by atoms with E-state index in [-0.39, 0.29) is 0 Å². The second-order valence-corrected chi connectivity index (χ2v) is 6.60. The molecule has 0 unspecified atom stereocenters. The number of benzene rings is 1. The van der Waals surface area contributed by atoms with Gasteiger partial charge in [0.25, 0.3) is 0 Å². The molecule has 0 bridgehead atoms. The van der Waals surface area contributed by atoms with E-state index in [0.717, 1.165) is 31.1 Å². The molecule has 1 aliphatic rings. The summed E-state index contributed by atoms with van der Waals surface area (Å²) >= 11 is 2.08. The van der Waals surface area contributed by atoms with Crippen LogP contribution in [-0.2, 0) is 24.6 Å². The number of nitrogens with zero attached hydrogens (tertiary/aromatic N) is 1. The second-order valence-electron chi connectivity index (χ2n) is 5.60. The van der Waals surface area contributed by atoms with Crippen molar-refractivity contribution in [3.8, 4) is 0 Å². The van der Waals surface area contributed by atoms with Gasteiger partial charge in [-0.05, 0) is 0 Å². The maximum atomic E-state index is 5.59. The van der Waals surface area contributed by atoms with E-state index in [9.17, 15) is 0 Å². The third-order valence-corrected chi connectivity index (χ3v) is 4.37. The summed E-state index contributed by atoms with van der Waals surface area (Å²) < 4.78 is 5.59. The van der Waals surface area contributed by atoms with Crippen LogP contribution >= 0.6 is 0 Å². The molecule has 2 rings (SSSR count). The molecule has 0 aliphatic carbocycles. The van der Waals surface area contributed by atoms with E-state index >= 15 is 0 Å². The van der Waals surface area contributed by atoms with Crippen LogP contribution in [0.2, 0.25) is 4.81 Å². The summed E-state index contributed by atoms with van der Waals surface area (Å²) in [5, 5.41) is 3.68. The first kappa shape index (κ1) is 17.1. The third-order valence-electron chi connectivity index (χ3n) is 3.96. The predicted molar refractivity (Wildman–Crippen MR) is 83.1 cm³/mol. The minimum atomic E-state index is 0.412. The molecule has 1 saturated heterocycles. The van der Waals surface area contributed by atoms with Crippen molar-refractivity contribution in [1.29, 1.82) is 0 Å². The molecule has 1 aromatic rings. The zero-order chi connectivity index (χ0) is 14.8. The van der Waals surface area contributed by atoms with Gasteiger partial charge in [-0.3, -0.25) is 0 Å². The molecule has 1 aliphatic heterocycles. The van der Waals surface area contributed by atoms with E-state index in [1.165, 1.54) is 37.9 Å². The Hall–Kier alpha value is -0.212. The van der Waals surface area contributed by atoms with Crippen LogP contribution in [-0.4, -0.2) is 44.3 Å². The molecule has 117 valence electrons. The fourth-order valence-electron chi connectivity index (χ4n) is 2.84. The molecule has 1 fully saturated rings. The maximum absolute atomic E-state index is 5.59. The molecule has 1 aromatic carbocycles. The van der Waals surface area contributed by atoms with Gasteiger partial charge in [-0.15, -0.1) is 0 Å². The quantitative estimate of drug-likeness (QED) is 0.534. The van der Waals surface area contributed by atoms with Crippen molar-refractivity contribution >= 4 is 0 Å². The van der Waals surface area contributed by atoms with Crippen molar-refractivity contribution in [3.63, 3.8) is 0 Å². The van der Waals surface area contributed by atoms with Crippen LogP contribution in [0, 0.1) is 0 Å². The molecule has 0 radical (unpaired) electrons. The first-order valence-electron chi connectivity index (χ1n) is 8.06. The van der Waals surface area contributed by atoms with Gasteiger partial charge < -0.3 is 0 Å². The second kappa shape index (κ2) is 10.5. The molecule has 1 heterocycles. The molecule has 1 atom stereocenters. The Morgan fingerprint density at radius 2 is 1.86 bits per heavy atom. The van der Waals surface area contributed by atoms with E-state index in [1.54, 1.807) is 0 Å². The SMILES string of the molecule is [Mo][CH2]COCCN[C@@H](CN1CCCCC1)c1ccccc1. The number of ether oxygens (including phenoxy) is 1. The summed E-state index contributed by atoms with van der Waals surface area (Å²) in [5.74, 6) is 0. The topological polar surface area (TPSA) is 24.5 Å². The van der Waals surface area contributed by atoms with E-state index in [0.29, 0.717) is 6.04 Å². The van der Waals surface area contributed by atoms with E-state index in [2.05, 4.69) is 60.4 Å².